The topological polar surface area (TPSA) is 35.5 Å². The minimum Gasteiger partial charge on any atom is -0.498 e. The summed E-state index contributed by atoms with van der Waals surface area (Å²) in [6.45, 7) is 7.11. The largest absolute Gasteiger partial charge is 0.498 e. The summed E-state index contributed by atoms with van der Waals surface area (Å²) in [4.78, 5) is 10.4. The number of carbonyl (C=O) groups excluding carboxylic acids is 1. The molecule has 0 bridgehead atoms. The van der Waals surface area contributed by atoms with Crippen LogP contribution in [0.2, 0.25) is 0 Å². The van der Waals surface area contributed by atoms with Gasteiger partial charge in [0, 0.05) is 6.08 Å². The van der Waals surface area contributed by atoms with E-state index in [0.29, 0.717) is 6.61 Å². The lowest BCUT2D eigenvalue weighted by Crippen LogP contribution is -2.05. The van der Waals surface area contributed by atoms with E-state index < -0.39 is 5.97 Å². The van der Waals surface area contributed by atoms with E-state index in [2.05, 4.69) is 22.6 Å². The van der Waals surface area contributed by atoms with E-state index in [-0.39, 0.29) is 6.61 Å². The molecule has 0 rings (SSSR count). The van der Waals surface area contributed by atoms with Gasteiger partial charge in [-0.15, -0.1) is 0 Å². The molecule has 0 aliphatic carbocycles. The van der Waals surface area contributed by atoms with Crippen LogP contribution in [0.5, 0.6) is 0 Å². The molecule has 3 nitrogen and oxygen atoms in total. The highest BCUT2D eigenvalue weighted by Gasteiger charge is 1.92. The van der Waals surface area contributed by atoms with E-state index in [1.807, 2.05) is 0 Å². The maximum atomic E-state index is 10.4. The molecule has 0 spiro atoms. The maximum absolute atomic E-state index is 10.4. The van der Waals surface area contributed by atoms with Crippen molar-refractivity contribution in [1.82, 2.24) is 0 Å². The molecule has 3 heteroatoms. The lowest BCUT2D eigenvalue weighted by Gasteiger charge is -1.99. The first-order chi connectivity index (χ1) is 4.81. The third-order valence-corrected chi connectivity index (χ3v) is 0.730. The maximum Gasteiger partial charge on any atom is 0.330 e. The predicted octanol–water partition coefficient (Wildman–Crippen LogP) is 0.876. The van der Waals surface area contributed by atoms with Crippen molar-refractivity contribution in [2.24, 2.45) is 0 Å². The van der Waals surface area contributed by atoms with Gasteiger partial charge in [0.15, 0.2) is 0 Å². The van der Waals surface area contributed by atoms with Crippen molar-refractivity contribution in [3.8, 4) is 0 Å². The molecule has 0 N–H and O–H groups in total. The first-order valence-electron chi connectivity index (χ1n) is 2.83. The van der Waals surface area contributed by atoms with Gasteiger partial charge in [-0.2, -0.15) is 0 Å². The lowest BCUT2D eigenvalue weighted by molar-refractivity contribution is -0.138. The van der Waals surface area contributed by atoms with Crippen LogP contribution < -0.4 is 0 Å². The molecule has 56 valence electrons. The van der Waals surface area contributed by atoms with Gasteiger partial charge in [0.25, 0.3) is 0 Å². The summed E-state index contributed by atoms with van der Waals surface area (Å²) in [5.74, 6) is -0.437. The van der Waals surface area contributed by atoms with Crippen molar-refractivity contribution >= 4 is 5.97 Å². The Kier molecular flexibility index (Phi) is 5.14. The van der Waals surface area contributed by atoms with Gasteiger partial charge >= 0.3 is 5.97 Å². The van der Waals surface area contributed by atoms with Crippen LogP contribution in [0, 0.1) is 0 Å². The second-order valence-corrected chi connectivity index (χ2v) is 1.41. The van der Waals surface area contributed by atoms with Crippen LogP contribution in [-0.2, 0) is 14.3 Å². The highest BCUT2D eigenvalue weighted by Crippen LogP contribution is 1.80. The zero-order valence-corrected chi connectivity index (χ0v) is 5.71. The Hall–Kier alpha value is -1.25. The first-order valence-corrected chi connectivity index (χ1v) is 2.83. The van der Waals surface area contributed by atoms with E-state index in [9.17, 15) is 4.79 Å². The SMILES string of the molecule is C=COCCOC(=O)C=C. The van der Waals surface area contributed by atoms with Gasteiger partial charge in [-0.25, -0.2) is 4.79 Å². The first kappa shape index (κ1) is 8.75. The molecule has 0 atom stereocenters. The highest BCUT2D eigenvalue weighted by molar-refractivity contribution is 5.81. The van der Waals surface area contributed by atoms with Crippen LogP contribution in [0.3, 0.4) is 0 Å². The molecule has 0 aliphatic heterocycles. The van der Waals surface area contributed by atoms with Crippen molar-refractivity contribution in [2.45, 2.75) is 0 Å². The smallest absolute Gasteiger partial charge is 0.330 e. The average Bonchev–Trinajstić information content (AvgIpc) is 1.98. The normalized spacial score (nSPS) is 8.00. The monoisotopic (exact) mass is 142 g/mol. The fraction of sp³-hybridized carbons (Fsp3) is 0.286. The van der Waals surface area contributed by atoms with Crippen molar-refractivity contribution in [3.05, 3.63) is 25.5 Å². The van der Waals surface area contributed by atoms with Crippen molar-refractivity contribution in [3.63, 3.8) is 0 Å². The number of carbonyl (C=O) groups is 1. The van der Waals surface area contributed by atoms with Gasteiger partial charge in [0.05, 0.1) is 6.26 Å². The second kappa shape index (κ2) is 5.88. The molecule has 0 aromatic carbocycles. The van der Waals surface area contributed by atoms with Crippen LogP contribution in [0.25, 0.3) is 0 Å². The Balaban J connectivity index is 3.11. The third kappa shape index (κ3) is 4.90. The summed E-state index contributed by atoms with van der Waals surface area (Å²) in [5, 5.41) is 0. The van der Waals surface area contributed by atoms with Gasteiger partial charge in [-0.1, -0.05) is 13.2 Å². The predicted molar refractivity (Wildman–Crippen MR) is 37.3 cm³/mol. The summed E-state index contributed by atoms with van der Waals surface area (Å²) >= 11 is 0. The van der Waals surface area contributed by atoms with Crippen molar-refractivity contribution < 1.29 is 14.3 Å². The van der Waals surface area contributed by atoms with E-state index in [1.54, 1.807) is 0 Å². The molecular formula is C7H10O3. The summed E-state index contributed by atoms with van der Waals surface area (Å²) in [7, 11) is 0. The standard InChI is InChI=1S/C7H10O3/c1-3-7(8)10-6-5-9-4-2/h3-4H,1-2,5-6H2. The number of esters is 1. The number of ether oxygens (including phenoxy) is 2. The highest BCUT2D eigenvalue weighted by atomic mass is 16.6. The molecule has 0 heterocycles. The molecule has 0 amide bonds. The molecule has 0 saturated heterocycles. The number of hydrogen-bond acceptors (Lipinski definition) is 3. The van der Waals surface area contributed by atoms with E-state index in [0.717, 1.165) is 6.08 Å². The fourth-order valence-corrected chi connectivity index (χ4v) is 0.333. The Morgan fingerprint density at radius 3 is 2.60 bits per heavy atom. The van der Waals surface area contributed by atoms with Gasteiger partial charge in [-0.3, -0.25) is 0 Å². The summed E-state index contributed by atoms with van der Waals surface area (Å²) in [6.07, 6.45) is 2.40. The van der Waals surface area contributed by atoms with Crippen LogP contribution in [0.4, 0.5) is 0 Å². The Morgan fingerprint density at radius 2 is 2.10 bits per heavy atom. The minimum absolute atomic E-state index is 0.233. The van der Waals surface area contributed by atoms with Gasteiger partial charge in [0.2, 0.25) is 0 Å². The molecular weight excluding hydrogens is 132 g/mol. The summed E-state index contributed by atoms with van der Waals surface area (Å²) < 4.78 is 9.24. The molecule has 0 fully saturated rings. The number of rotatable bonds is 5. The fourth-order valence-electron chi connectivity index (χ4n) is 0.333. The molecule has 0 radical (unpaired) electrons. The zero-order valence-electron chi connectivity index (χ0n) is 5.71. The minimum atomic E-state index is -0.437. The molecule has 0 aromatic heterocycles. The van der Waals surface area contributed by atoms with E-state index >= 15 is 0 Å². The molecule has 0 aromatic rings. The Bertz CT molecular complexity index is 129. The summed E-state index contributed by atoms with van der Waals surface area (Å²) in [5.41, 5.74) is 0. The molecule has 10 heavy (non-hydrogen) atoms. The van der Waals surface area contributed by atoms with E-state index in [4.69, 9.17) is 0 Å². The quantitative estimate of drug-likeness (QED) is 0.247. The van der Waals surface area contributed by atoms with Crippen LogP contribution in [0.15, 0.2) is 25.5 Å². The number of hydrogen-bond donors (Lipinski definition) is 0. The average molecular weight is 142 g/mol. The van der Waals surface area contributed by atoms with Crippen LogP contribution in [0.1, 0.15) is 0 Å². The van der Waals surface area contributed by atoms with Crippen LogP contribution >= 0.6 is 0 Å². The van der Waals surface area contributed by atoms with Crippen molar-refractivity contribution in [1.29, 1.82) is 0 Å². The molecule has 0 aliphatic rings. The molecule has 0 unspecified atom stereocenters. The zero-order chi connectivity index (χ0) is 7.82. The molecule has 0 saturated carbocycles. The summed E-state index contributed by atoms with van der Waals surface area (Å²) in [6, 6.07) is 0. The lowest BCUT2D eigenvalue weighted by atomic mass is 10.6. The van der Waals surface area contributed by atoms with Gasteiger partial charge < -0.3 is 9.47 Å². The van der Waals surface area contributed by atoms with Crippen LogP contribution in [-0.4, -0.2) is 19.2 Å². The third-order valence-electron chi connectivity index (χ3n) is 0.730. The van der Waals surface area contributed by atoms with E-state index in [1.165, 1.54) is 6.26 Å². The van der Waals surface area contributed by atoms with Gasteiger partial charge in [-0.05, 0) is 0 Å². The van der Waals surface area contributed by atoms with Gasteiger partial charge in [0.1, 0.15) is 13.2 Å². The second-order valence-electron chi connectivity index (χ2n) is 1.41. The Morgan fingerprint density at radius 1 is 1.40 bits per heavy atom. The Labute approximate surface area is 59.9 Å². The van der Waals surface area contributed by atoms with Crippen molar-refractivity contribution in [2.75, 3.05) is 13.2 Å².